The van der Waals surface area contributed by atoms with Crippen LogP contribution >= 0.6 is 11.3 Å². The number of likely N-dealkylation sites (tertiary alicyclic amines) is 1. The molecule has 3 aromatic rings. The van der Waals surface area contributed by atoms with E-state index in [1.165, 1.54) is 11.3 Å². The Morgan fingerprint density at radius 3 is 2.92 bits per heavy atom. The summed E-state index contributed by atoms with van der Waals surface area (Å²) in [6, 6.07) is 0. The fourth-order valence-electron chi connectivity index (χ4n) is 3.22. The summed E-state index contributed by atoms with van der Waals surface area (Å²) in [5, 5.41) is 6.84. The molecule has 1 N–H and O–H groups in total. The number of carbonyl (C=O) groups is 1. The van der Waals surface area contributed by atoms with Gasteiger partial charge in [-0.3, -0.25) is 9.48 Å². The summed E-state index contributed by atoms with van der Waals surface area (Å²) in [5.41, 5.74) is 1.48. The molecule has 0 atom stereocenters. The van der Waals surface area contributed by atoms with Gasteiger partial charge in [-0.25, -0.2) is 9.97 Å². The molecule has 7 nitrogen and oxygen atoms in total. The first-order valence-corrected chi connectivity index (χ1v) is 9.29. The van der Waals surface area contributed by atoms with Gasteiger partial charge < -0.3 is 9.88 Å². The van der Waals surface area contributed by atoms with Crippen molar-refractivity contribution in [2.45, 2.75) is 19.3 Å². The number of hydrogen-bond donors (Lipinski definition) is 1. The molecule has 0 radical (unpaired) electrons. The molecule has 1 aliphatic heterocycles. The second-order valence-corrected chi connectivity index (χ2v) is 7.27. The van der Waals surface area contributed by atoms with Gasteiger partial charge in [0, 0.05) is 56.1 Å². The van der Waals surface area contributed by atoms with Crippen molar-refractivity contribution in [1.82, 2.24) is 29.6 Å². The topological polar surface area (TPSA) is 79.7 Å². The highest BCUT2D eigenvalue weighted by Gasteiger charge is 2.25. The summed E-state index contributed by atoms with van der Waals surface area (Å²) in [4.78, 5) is 26.6. The fraction of sp³-hybridized carbons (Fsp3) is 0.412. The summed E-state index contributed by atoms with van der Waals surface area (Å²) >= 11 is 1.49. The Balaban J connectivity index is 1.37. The molecule has 0 bridgehead atoms. The number of amides is 1. The van der Waals surface area contributed by atoms with Gasteiger partial charge in [-0.1, -0.05) is 0 Å². The van der Waals surface area contributed by atoms with Crippen LogP contribution in [-0.4, -0.2) is 48.6 Å². The molecule has 4 heterocycles. The average Bonchev–Trinajstić information content (AvgIpc) is 3.36. The first kappa shape index (κ1) is 16.0. The van der Waals surface area contributed by atoms with Gasteiger partial charge in [-0.15, -0.1) is 11.3 Å². The van der Waals surface area contributed by atoms with Crippen molar-refractivity contribution in [3.05, 3.63) is 41.7 Å². The molecule has 1 aliphatic rings. The number of imidazole rings is 1. The Morgan fingerprint density at radius 1 is 1.40 bits per heavy atom. The highest BCUT2D eigenvalue weighted by atomic mass is 32.1. The van der Waals surface area contributed by atoms with Gasteiger partial charge in [-0.2, -0.15) is 5.10 Å². The number of rotatable bonds is 4. The van der Waals surface area contributed by atoms with Crippen LogP contribution in [0.3, 0.4) is 0 Å². The van der Waals surface area contributed by atoms with Crippen LogP contribution in [0, 0.1) is 5.92 Å². The Bertz CT molecular complexity index is 844. The maximum atomic E-state index is 12.7. The third-order valence-electron chi connectivity index (χ3n) is 4.61. The van der Waals surface area contributed by atoms with E-state index in [0.717, 1.165) is 48.7 Å². The minimum atomic E-state index is 0.0304. The fourth-order valence-corrected chi connectivity index (χ4v) is 3.99. The predicted molar refractivity (Wildman–Crippen MR) is 95.2 cm³/mol. The van der Waals surface area contributed by atoms with E-state index in [4.69, 9.17) is 0 Å². The van der Waals surface area contributed by atoms with Gasteiger partial charge in [-0.05, 0) is 18.8 Å². The van der Waals surface area contributed by atoms with E-state index in [-0.39, 0.29) is 5.91 Å². The van der Waals surface area contributed by atoms with Gasteiger partial charge in [0.2, 0.25) is 0 Å². The van der Waals surface area contributed by atoms with Gasteiger partial charge >= 0.3 is 0 Å². The second kappa shape index (κ2) is 6.79. The third kappa shape index (κ3) is 3.48. The van der Waals surface area contributed by atoms with E-state index in [9.17, 15) is 4.79 Å². The molecule has 1 amide bonds. The van der Waals surface area contributed by atoms with Gasteiger partial charge in [0.15, 0.2) is 0 Å². The smallest absolute Gasteiger partial charge is 0.273 e. The number of aromatic nitrogens is 5. The normalized spacial score (nSPS) is 15.6. The summed E-state index contributed by atoms with van der Waals surface area (Å²) < 4.78 is 1.74. The molecule has 3 aromatic heterocycles. The van der Waals surface area contributed by atoms with E-state index in [0.29, 0.717) is 11.6 Å². The largest absolute Gasteiger partial charge is 0.349 e. The maximum Gasteiger partial charge on any atom is 0.273 e. The molecule has 0 saturated carbocycles. The summed E-state index contributed by atoms with van der Waals surface area (Å²) in [6.07, 6.45) is 10.3. The van der Waals surface area contributed by atoms with Crippen LogP contribution in [0.2, 0.25) is 0 Å². The number of thiazole rings is 1. The first-order valence-electron chi connectivity index (χ1n) is 8.41. The van der Waals surface area contributed by atoms with Crippen LogP contribution in [0.1, 0.15) is 29.2 Å². The number of nitrogens with one attached hydrogen (secondary N) is 1. The molecule has 4 rings (SSSR count). The van der Waals surface area contributed by atoms with E-state index in [1.807, 2.05) is 29.7 Å². The highest BCUT2D eigenvalue weighted by molar-refractivity contribution is 7.13. The molecule has 1 saturated heterocycles. The molecule has 0 unspecified atom stereocenters. The van der Waals surface area contributed by atoms with Crippen LogP contribution in [0.25, 0.3) is 10.6 Å². The minimum Gasteiger partial charge on any atom is -0.349 e. The van der Waals surface area contributed by atoms with Crippen LogP contribution < -0.4 is 0 Å². The number of nitrogens with zero attached hydrogens (tertiary/aromatic N) is 5. The summed E-state index contributed by atoms with van der Waals surface area (Å²) in [6.45, 7) is 1.56. The van der Waals surface area contributed by atoms with Crippen molar-refractivity contribution in [3.63, 3.8) is 0 Å². The first-order chi connectivity index (χ1) is 12.2. The number of aryl methyl sites for hydroxylation is 1. The second-order valence-electron chi connectivity index (χ2n) is 6.42. The van der Waals surface area contributed by atoms with Crippen LogP contribution in [0.5, 0.6) is 0 Å². The lowest BCUT2D eigenvalue weighted by Gasteiger charge is -2.31. The molecule has 25 heavy (non-hydrogen) atoms. The maximum absolute atomic E-state index is 12.7. The van der Waals surface area contributed by atoms with Crippen molar-refractivity contribution < 1.29 is 4.79 Å². The average molecular weight is 356 g/mol. The van der Waals surface area contributed by atoms with E-state index < -0.39 is 0 Å². The lowest BCUT2D eigenvalue weighted by Crippen LogP contribution is -2.39. The quantitative estimate of drug-likeness (QED) is 0.778. The van der Waals surface area contributed by atoms with Crippen molar-refractivity contribution in [2.75, 3.05) is 13.1 Å². The lowest BCUT2D eigenvalue weighted by atomic mass is 9.93. The van der Waals surface area contributed by atoms with Crippen molar-refractivity contribution >= 4 is 17.2 Å². The molecule has 0 aliphatic carbocycles. The van der Waals surface area contributed by atoms with E-state index >= 15 is 0 Å². The zero-order chi connectivity index (χ0) is 17.2. The number of hydrogen-bond acceptors (Lipinski definition) is 5. The summed E-state index contributed by atoms with van der Waals surface area (Å²) in [5.74, 6) is 1.64. The zero-order valence-corrected chi connectivity index (χ0v) is 14.9. The molecular weight excluding hydrogens is 336 g/mol. The Kier molecular flexibility index (Phi) is 4.35. The van der Waals surface area contributed by atoms with E-state index in [1.54, 1.807) is 17.1 Å². The van der Waals surface area contributed by atoms with Crippen molar-refractivity contribution in [1.29, 1.82) is 0 Å². The monoisotopic (exact) mass is 356 g/mol. The number of H-pyrrole nitrogens is 1. The molecule has 0 aromatic carbocycles. The van der Waals surface area contributed by atoms with E-state index in [2.05, 4.69) is 20.1 Å². The molecular formula is C17H20N6OS. The number of piperidine rings is 1. The van der Waals surface area contributed by atoms with Crippen LogP contribution in [0.4, 0.5) is 0 Å². The highest BCUT2D eigenvalue weighted by Crippen LogP contribution is 2.25. The Morgan fingerprint density at radius 2 is 2.24 bits per heavy atom. The number of carbonyl (C=O) groups excluding carboxylic acids is 1. The standard InChI is InChI=1S/C17H20N6OS/c1-22-10-13(9-20-22)16-21-14(11-25-16)17(24)23-6-2-12(3-7-23)8-15-18-4-5-19-15/h4-5,9-12H,2-3,6-8H2,1H3,(H,18,19). The van der Waals surface area contributed by atoms with Crippen molar-refractivity contribution in [2.24, 2.45) is 13.0 Å². The summed E-state index contributed by atoms with van der Waals surface area (Å²) in [7, 11) is 1.87. The molecule has 0 spiro atoms. The lowest BCUT2D eigenvalue weighted by molar-refractivity contribution is 0.0685. The zero-order valence-electron chi connectivity index (χ0n) is 14.1. The van der Waals surface area contributed by atoms with Crippen LogP contribution in [0.15, 0.2) is 30.2 Å². The molecule has 130 valence electrons. The van der Waals surface area contributed by atoms with Crippen molar-refractivity contribution in [3.8, 4) is 10.6 Å². The molecule has 8 heteroatoms. The molecule has 1 fully saturated rings. The Labute approximate surface area is 149 Å². The minimum absolute atomic E-state index is 0.0304. The van der Waals surface area contributed by atoms with Crippen LogP contribution in [-0.2, 0) is 13.5 Å². The van der Waals surface area contributed by atoms with Gasteiger partial charge in [0.05, 0.1) is 6.20 Å². The predicted octanol–water partition coefficient (Wildman–Crippen LogP) is 2.36. The van der Waals surface area contributed by atoms with Gasteiger partial charge in [0.25, 0.3) is 5.91 Å². The SMILES string of the molecule is Cn1cc(-c2nc(C(=O)N3CCC(Cc4ncc[nH]4)CC3)cs2)cn1. The van der Waals surface area contributed by atoms with Gasteiger partial charge in [0.1, 0.15) is 16.5 Å². The third-order valence-corrected chi connectivity index (χ3v) is 5.51. The Hall–Kier alpha value is -2.48. The number of aromatic amines is 1.